The number of nitrogens with one attached hydrogen (secondary N) is 1. The fourth-order valence-corrected chi connectivity index (χ4v) is 2.56. The van der Waals surface area contributed by atoms with Crippen LogP contribution in [0.15, 0.2) is 18.2 Å². The van der Waals surface area contributed by atoms with Gasteiger partial charge in [0.05, 0.1) is 5.75 Å². The minimum Gasteiger partial charge on any atom is -0.480 e. The van der Waals surface area contributed by atoms with Gasteiger partial charge in [-0.1, -0.05) is 23.2 Å². The van der Waals surface area contributed by atoms with Crippen molar-refractivity contribution in [1.29, 1.82) is 0 Å². The topological polar surface area (TPSA) is 83.5 Å². The van der Waals surface area contributed by atoms with Crippen molar-refractivity contribution in [1.82, 2.24) is 5.32 Å². The van der Waals surface area contributed by atoms with Crippen LogP contribution in [0.4, 0.5) is 0 Å². The fraction of sp³-hybridized carbons (Fsp3) is 0.273. The molecule has 5 nitrogen and oxygen atoms in total. The van der Waals surface area contributed by atoms with Crippen LogP contribution in [0.25, 0.3) is 0 Å². The highest BCUT2D eigenvalue weighted by molar-refractivity contribution is 7.84. The Morgan fingerprint density at radius 1 is 1.32 bits per heavy atom. The Morgan fingerprint density at radius 3 is 2.26 bits per heavy atom. The van der Waals surface area contributed by atoms with Gasteiger partial charge in [-0.25, -0.2) is 4.79 Å². The number of carboxylic acids is 1. The molecule has 19 heavy (non-hydrogen) atoms. The number of rotatable bonds is 5. The summed E-state index contributed by atoms with van der Waals surface area (Å²) in [6, 6.07) is 2.96. The third kappa shape index (κ3) is 5.18. The van der Waals surface area contributed by atoms with E-state index in [9.17, 15) is 13.8 Å². The Morgan fingerprint density at radius 2 is 1.84 bits per heavy atom. The molecule has 0 bridgehead atoms. The van der Waals surface area contributed by atoms with Crippen LogP contribution in [0.3, 0.4) is 0 Å². The second kappa shape index (κ2) is 6.88. The fourth-order valence-electron chi connectivity index (χ4n) is 1.34. The summed E-state index contributed by atoms with van der Waals surface area (Å²) in [5.74, 6) is -2.06. The van der Waals surface area contributed by atoms with E-state index in [0.29, 0.717) is 0 Å². The zero-order valence-electron chi connectivity index (χ0n) is 9.85. The highest BCUT2D eigenvalue weighted by Gasteiger charge is 2.22. The molecule has 0 aliphatic carbocycles. The Kier molecular flexibility index (Phi) is 5.78. The summed E-state index contributed by atoms with van der Waals surface area (Å²) in [4.78, 5) is 22.8. The van der Waals surface area contributed by atoms with E-state index >= 15 is 0 Å². The smallest absolute Gasteiger partial charge is 0.327 e. The summed E-state index contributed by atoms with van der Waals surface area (Å²) in [5.41, 5.74) is 0.144. The van der Waals surface area contributed by atoms with Crippen LogP contribution in [-0.4, -0.2) is 39.2 Å². The first-order chi connectivity index (χ1) is 8.79. The van der Waals surface area contributed by atoms with Crippen LogP contribution in [0, 0.1) is 0 Å². The van der Waals surface area contributed by atoms with Crippen molar-refractivity contribution >= 4 is 45.9 Å². The quantitative estimate of drug-likeness (QED) is 0.861. The molecule has 2 atom stereocenters. The van der Waals surface area contributed by atoms with Crippen molar-refractivity contribution < 1.29 is 18.9 Å². The number of aliphatic carboxylic acids is 1. The largest absolute Gasteiger partial charge is 0.480 e. The van der Waals surface area contributed by atoms with Crippen molar-refractivity contribution in [2.24, 2.45) is 0 Å². The number of carbonyl (C=O) groups is 2. The summed E-state index contributed by atoms with van der Waals surface area (Å²) in [6.07, 6.45) is 1.36. The summed E-state index contributed by atoms with van der Waals surface area (Å²) in [6.45, 7) is 0. The van der Waals surface area contributed by atoms with Crippen LogP contribution >= 0.6 is 23.2 Å². The minimum atomic E-state index is -1.35. The van der Waals surface area contributed by atoms with Gasteiger partial charge in [0.15, 0.2) is 0 Å². The second-order valence-electron chi connectivity index (χ2n) is 3.76. The van der Waals surface area contributed by atoms with E-state index in [1.54, 1.807) is 0 Å². The third-order valence-corrected chi connectivity index (χ3v) is 3.37. The van der Waals surface area contributed by atoms with E-state index in [-0.39, 0.29) is 21.4 Å². The van der Waals surface area contributed by atoms with Crippen molar-refractivity contribution in [3.63, 3.8) is 0 Å². The summed E-state index contributed by atoms with van der Waals surface area (Å²) < 4.78 is 11.0. The van der Waals surface area contributed by atoms with Crippen molar-refractivity contribution in [2.75, 3.05) is 12.0 Å². The molecule has 0 spiro atoms. The van der Waals surface area contributed by atoms with Crippen LogP contribution < -0.4 is 5.32 Å². The number of hydrogen-bond donors (Lipinski definition) is 2. The van der Waals surface area contributed by atoms with Gasteiger partial charge in [0, 0.05) is 32.7 Å². The van der Waals surface area contributed by atoms with E-state index in [1.807, 2.05) is 0 Å². The Labute approximate surface area is 122 Å². The van der Waals surface area contributed by atoms with Crippen molar-refractivity contribution in [3.05, 3.63) is 33.8 Å². The lowest BCUT2D eigenvalue weighted by Gasteiger charge is -2.13. The molecular weight excluding hydrogens is 313 g/mol. The molecule has 8 heteroatoms. The first kappa shape index (κ1) is 15.9. The average molecular weight is 324 g/mol. The van der Waals surface area contributed by atoms with Gasteiger partial charge in [-0.3, -0.25) is 9.00 Å². The molecule has 1 rings (SSSR count). The summed E-state index contributed by atoms with van der Waals surface area (Å²) in [7, 11) is -1.35. The summed E-state index contributed by atoms with van der Waals surface area (Å²) >= 11 is 11.5. The molecule has 104 valence electrons. The van der Waals surface area contributed by atoms with Crippen LogP contribution in [0.2, 0.25) is 10.0 Å². The van der Waals surface area contributed by atoms with E-state index in [0.717, 1.165) is 0 Å². The Bertz CT molecular complexity index is 515. The maximum atomic E-state index is 11.9. The van der Waals surface area contributed by atoms with Gasteiger partial charge in [-0.2, -0.15) is 0 Å². The molecule has 0 aromatic heterocycles. The highest BCUT2D eigenvalue weighted by atomic mass is 35.5. The Hall–Kier alpha value is -1.11. The van der Waals surface area contributed by atoms with Gasteiger partial charge >= 0.3 is 5.97 Å². The molecule has 0 aliphatic heterocycles. The molecule has 1 amide bonds. The number of hydrogen-bond acceptors (Lipinski definition) is 3. The zero-order valence-corrected chi connectivity index (χ0v) is 12.2. The number of halogens is 2. The number of benzene rings is 1. The average Bonchev–Trinajstić information content (AvgIpc) is 2.25. The first-order valence-corrected chi connectivity index (χ1v) is 7.57. The Balaban J connectivity index is 2.87. The van der Waals surface area contributed by atoms with E-state index < -0.39 is 28.7 Å². The van der Waals surface area contributed by atoms with E-state index in [4.69, 9.17) is 28.3 Å². The molecule has 0 heterocycles. The van der Waals surface area contributed by atoms with Crippen LogP contribution in [0.5, 0.6) is 0 Å². The number of carboxylic acid groups (broad SMARTS) is 1. The molecule has 0 aliphatic rings. The van der Waals surface area contributed by atoms with Crippen molar-refractivity contribution in [3.8, 4) is 0 Å². The molecule has 1 aromatic carbocycles. The maximum Gasteiger partial charge on any atom is 0.327 e. The molecule has 0 radical (unpaired) electrons. The van der Waals surface area contributed by atoms with Gasteiger partial charge in [0.25, 0.3) is 5.91 Å². The lowest BCUT2D eigenvalue weighted by Crippen LogP contribution is -2.44. The third-order valence-electron chi connectivity index (χ3n) is 2.13. The molecule has 0 saturated carbocycles. The van der Waals surface area contributed by atoms with Gasteiger partial charge in [-0.15, -0.1) is 0 Å². The number of carbonyl (C=O) groups excluding carboxylic acids is 1. The highest BCUT2D eigenvalue weighted by Crippen LogP contribution is 2.19. The van der Waals surface area contributed by atoms with Crippen LogP contribution in [-0.2, 0) is 15.6 Å². The van der Waals surface area contributed by atoms with Gasteiger partial charge in [0.1, 0.15) is 6.04 Å². The summed E-state index contributed by atoms with van der Waals surface area (Å²) in [5, 5.41) is 11.7. The molecule has 2 N–H and O–H groups in total. The van der Waals surface area contributed by atoms with Gasteiger partial charge < -0.3 is 10.4 Å². The lowest BCUT2D eigenvalue weighted by atomic mass is 10.2. The van der Waals surface area contributed by atoms with Crippen molar-refractivity contribution in [2.45, 2.75) is 6.04 Å². The molecule has 1 aromatic rings. The minimum absolute atomic E-state index is 0.144. The molecule has 0 saturated heterocycles. The predicted molar refractivity (Wildman–Crippen MR) is 74.3 cm³/mol. The SMILES string of the molecule is CS(=O)CC(NC(=O)c1cc(Cl)cc(Cl)c1)C(=O)O. The molecule has 0 fully saturated rings. The molecule has 2 unspecified atom stereocenters. The van der Waals surface area contributed by atoms with Crippen LogP contribution in [0.1, 0.15) is 10.4 Å². The number of amides is 1. The van der Waals surface area contributed by atoms with Gasteiger partial charge in [0.2, 0.25) is 0 Å². The van der Waals surface area contributed by atoms with E-state index in [2.05, 4.69) is 5.32 Å². The zero-order chi connectivity index (χ0) is 14.6. The first-order valence-electron chi connectivity index (χ1n) is 5.09. The lowest BCUT2D eigenvalue weighted by molar-refractivity contribution is -0.138. The monoisotopic (exact) mass is 323 g/mol. The normalized spacial score (nSPS) is 13.6. The second-order valence-corrected chi connectivity index (χ2v) is 6.11. The predicted octanol–water partition coefficient (Wildman–Crippen LogP) is 1.55. The molecular formula is C11H11Cl2NO4S. The standard InChI is InChI=1S/C11H11Cl2NO4S/c1-19(18)5-9(11(16)17)14-10(15)6-2-7(12)4-8(13)3-6/h2-4,9H,5H2,1H3,(H,14,15)(H,16,17). The van der Waals surface area contributed by atoms with E-state index in [1.165, 1.54) is 24.5 Å². The van der Waals surface area contributed by atoms with Gasteiger partial charge in [-0.05, 0) is 18.2 Å². The maximum absolute atomic E-state index is 11.9.